The van der Waals surface area contributed by atoms with E-state index in [1.165, 1.54) is 86.9 Å². The van der Waals surface area contributed by atoms with Crippen LogP contribution in [0.3, 0.4) is 0 Å². The second kappa shape index (κ2) is 14.7. The van der Waals surface area contributed by atoms with Crippen molar-refractivity contribution in [2.75, 3.05) is 4.90 Å². The van der Waals surface area contributed by atoms with Gasteiger partial charge >= 0.3 is 0 Å². The number of furan rings is 1. The number of hydrogen-bond acceptors (Lipinski definition) is 2. The molecule has 1 saturated carbocycles. The lowest BCUT2D eigenvalue weighted by molar-refractivity contribution is 0.445. The zero-order chi connectivity index (χ0) is 40.3. The zero-order valence-electron chi connectivity index (χ0n) is 34.0. The van der Waals surface area contributed by atoms with E-state index in [9.17, 15) is 0 Å². The fourth-order valence-electron chi connectivity index (χ4n) is 10.4. The largest absolute Gasteiger partial charge is 0.454 e. The van der Waals surface area contributed by atoms with E-state index in [0.717, 1.165) is 50.3 Å². The topological polar surface area (TPSA) is 21.3 Å². The van der Waals surface area contributed by atoms with E-state index in [0.29, 0.717) is 5.92 Å². The van der Waals surface area contributed by atoms with Crippen molar-refractivity contribution in [3.63, 3.8) is 0 Å². The van der Waals surface area contributed by atoms with Crippen molar-refractivity contribution in [3.8, 4) is 27.9 Å². The van der Waals surface area contributed by atoms with Crippen molar-refractivity contribution in [1.82, 2.24) is 4.57 Å². The number of aromatic nitrogens is 1. The Bertz CT molecular complexity index is 3400. The molecule has 292 valence electrons. The zero-order valence-corrected chi connectivity index (χ0v) is 34.0. The van der Waals surface area contributed by atoms with Crippen LogP contribution in [0.25, 0.3) is 82.5 Å². The number of benzene rings is 9. The molecular formula is C58H44N2O. The minimum absolute atomic E-state index is 0.576. The number of para-hydroxylation sites is 5. The molecule has 0 unspecified atom stereocenters. The predicted octanol–water partition coefficient (Wildman–Crippen LogP) is 16.7. The number of nitrogens with zero attached hydrogens (tertiary/aromatic N) is 2. The van der Waals surface area contributed by atoms with Crippen molar-refractivity contribution in [3.05, 3.63) is 206 Å². The summed E-state index contributed by atoms with van der Waals surface area (Å²) in [6, 6.07) is 73.1. The molecule has 1 aliphatic carbocycles. The van der Waals surface area contributed by atoms with Crippen molar-refractivity contribution in [1.29, 1.82) is 0 Å². The molecule has 9 aromatic carbocycles. The fraction of sp³-hybridized carbons (Fsp3) is 0.103. The molecule has 0 aliphatic heterocycles. The number of hydrogen-bond donors (Lipinski definition) is 0. The molecule has 0 bridgehead atoms. The summed E-state index contributed by atoms with van der Waals surface area (Å²) in [5.74, 6) is 0.576. The van der Waals surface area contributed by atoms with E-state index < -0.39 is 0 Å². The molecular weight excluding hydrogens is 741 g/mol. The summed E-state index contributed by atoms with van der Waals surface area (Å²) in [5.41, 5.74) is 14.8. The van der Waals surface area contributed by atoms with E-state index >= 15 is 0 Å². The van der Waals surface area contributed by atoms with Gasteiger partial charge in [0, 0.05) is 38.5 Å². The SMILES string of the molecule is c1ccc(-n2c3ccccc3c3ccc(-c4ccc(N(c5ccccc5-c5cccc6cccc(C7CCCCC7)c56)c5cccc6c5oc5ccccc56)cc4)cc32)cc1. The molecule has 3 heteroatoms. The lowest BCUT2D eigenvalue weighted by Gasteiger charge is -2.29. The highest BCUT2D eigenvalue weighted by Crippen LogP contribution is 2.48. The Morgan fingerprint density at radius 1 is 0.459 bits per heavy atom. The maximum atomic E-state index is 6.78. The van der Waals surface area contributed by atoms with Gasteiger partial charge in [-0.3, -0.25) is 0 Å². The van der Waals surface area contributed by atoms with Crippen molar-refractivity contribution in [2.45, 2.75) is 38.0 Å². The van der Waals surface area contributed by atoms with Crippen LogP contribution in [0, 0.1) is 0 Å². The Morgan fingerprint density at radius 2 is 1.11 bits per heavy atom. The normalized spacial score (nSPS) is 13.5. The minimum atomic E-state index is 0.576. The van der Waals surface area contributed by atoms with Crippen LogP contribution in [0.2, 0.25) is 0 Å². The average molecular weight is 785 g/mol. The molecule has 1 aliphatic rings. The standard InChI is InChI=1S/C58H44N2O/c1-3-16-40(17-4-1)45-25-13-18-41-19-14-26-50(57(41)45)47-23-8-11-29-53(47)59(54-30-15-27-51-49-24-9-12-31-56(49)61-58(51)54)44-35-32-39(33-36-44)42-34-37-48-46-22-7-10-28-52(46)60(55(48)38-42)43-20-5-2-6-21-43/h2,5-15,18-38,40H,1,3-4,16-17H2. The minimum Gasteiger partial charge on any atom is -0.454 e. The van der Waals surface area contributed by atoms with E-state index in [1.807, 2.05) is 0 Å². The summed E-state index contributed by atoms with van der Waals surface area (Å²) < 4.78 is 9.18. The third kappa shape index (κ3) is 5.95. The van der Waals surface area contributed by atoms with Gasteiger partial charge in [-0.2, -0.15) is 0 Å². The summed E-state index contributed by atoms with van der Waals surface area (Å²) >= 11 is 0. The van der Waals surface area contributed by atoms with Crippen molar-refractivity contribution >= 4 is 71.6 Å². The molecule has 0 radical (unpaired) electrons. The number of fused-ring (bicyclic) bond motifs is 7. The molecule has 2 aromatic heterocycles. The van der Waals surface area contributed by atoms with E-state index in [1.54, 1.807) is 0 Å². The van der Waals surface area contributed by atoms with Crippen LogP contribution in [0.4, 0.5) is 17.1 Å². The first-order valence-corrected chi connectivity index (χ1v) is 21.8. The predicted molar refractivity (Wildman–Crippen MR) is 257 cm³/mol. The molecule has 3 nitrogen and oxygen atoms in total. The average Bonchev–Trinajstić information content (AvgIpc) is 3.88. The smallest absolute Gasteiger partial charge is 0.159 e. The van der Waals surface area contributed by atoms with Crippen LogP contribution >= 0.6 is 0 Å². The first-order valence-electron chi connectivity index (χ1n) is 21.8. The van der Waals surface area contributed by atoms with E-state index in [2.05, 4.69) is 210 Å². The van der Waals surface area contributed by atoms with Crippen LogP contribution in [0.15, 0.2) is 205 Å². The highest BCUT2D eigenvalue weighted by molar-refractivity contribution is 6.12. The lowest BCUT2D eigenvalue weighted by Crippen LogP contribution is -2.12. The molecule has 0 atom stereocenters. The van der Waals surface area contributed by atoms with Crippen LogP contribution in [0.1, 0.15) is 43.6 Å². The molecule has 61 heavy (non-hydrogen) atoms. The Labute approximate surface area is 355 Å². The van der Waals surface area contributed by atoms with Crippen molar-refractivity contribution in [2.24, 2.45) is 0 Å². The fourth-order valence-corrected chi connectivity index (χ4v) is 10.4. The van der Waals surface area contributed by atoms with Gasteiger partial charge < -0.3 is 13.9 Å². The van der Waals surface area contributed by atoms with E-state index in [4.69, 9.17) is 4.42 Å². The monoisotopic (exact) mass is 784 g/mol. The Kier molecular flexibility index (Phi) is 8.59. The maximum absolute atomic E-state index is 6.78. The van der Waals surface area contributed by atoms with Gasteiger partial charge in [-0.25, -0.2) is 0 Å². The highest BCUT2D eigenvalue weighted by Gasteiger charge is 2.25. The quantitative estimate of drug-likeness (QED) is 0.161. The van der Waals surface area contributed by atoms with Gasteiger partial charge in [0.25, 0.3) is 0 Å². The first-order chi connectivity index (χ1) is 30.3. The number of anilines is 3. The van der Waals surface area contributed by atoms with Crippen LogP contribution < -0.4 is 4.90 Å². The maximum Gasteiger partial charge on any atom is 0.159 e. The molecule has 12 rings (SSSR count). The molecule has 0 spiro atoms. The van der Waals surface area contributed by atoms with Gasteiger partial charge in [-0.1, -0.05) is 165 Å². The van der Waals surface area contributed by atoms with Gasteiger partial charge in [0.2, 0.25) is 0 Å². The third-order valence-corrected chi connectivity index (χ3v) is 13.2. The summed E-state index contributed by atoms with van der Waals surface area (Å²) in [7, 11) is 0. The van der Waals surface area contributed by atoms with Gasteiger partial charge in [0.1, 0.15) is 5.58 Å². The van der Waals surface area contributed by atoms with E-state index in [-0.39, 0.29) is 0 Å². The second-order valence-corrected chi connectivity index (χ2v) is 16.7. The summed E-state index contributed by atoms with van der Waals surface area (Å²) in [5, 5.41) is 7.42. The number of rotatable bonds is 7. The summed E-state index contributed by atoms with van der Waals surface area (Å²) in [6.07, 6.45) is 6.45. The lowest BCUT2D eigenvalue weighted by atomic mass is 9.80. The third-order valence-electron chi connectivity index (χ3n) is 13.2. The molecule has 1 fully saturated rings. The van der Waals surface area contributed by atoms with Gasteiger partial charge in [-0.15, -0.1) is 0 Å². The van der Waals surface area contributed by atoms with Crippen LogP contribution in [0.5, 0.6) is 0 Å². The Balaban J connectivity index is 1.04. The second-order valence-electron chi connectivity index (χ2n) is 16.7. The highest BCUT2D eigenvalue weighted by atomic mass is 16.3. The molecule has 0 N–H and O–H groups in total. The van der Waals surface area contributed by atoms with Crippen LogP contribution in [-0.4, -0.2) is 4.57 Å². The van der Waals surface area contributed by atoms with Crippen molar-refractivity contribution < 1.29 is 4.42 Å². The Hall–Kier alpha value is -7.36. The summed E-state index contributed by atoms with van der Waals surface area (Å²) in [6.45, 7) is 0. The Morgan fingerprint density at radius 3 is 1.98 bits per heavy atom. The molecule has 0 saturated heterocycles. The molecule has 0 amide bonds. The van der Waals surface area contributed by atoms with Crippen LogP contribution in [-0.2, 0) is 0 Å². The molecule has 2 heterocycles. The van der Waals surface area contributed by atoms with Gasteiger partial charge in [-0.05, 0) is 106 Å². The summed E-state index contributed by atoms with van der Waals surface area (Å²) in [4.78, 5) is 2.42. The first kappa shape index (κ1) is 35.6. The van der Waals surface area contributed by atoms with Gasteiger partial charge in [0.15, 0.2) is 5.58 Å². The molecule has 11 aromatic rings. The van der Waals surface area contributed by atoms with Gasteiger partial charge in [0.05, 0.1) is 22.4 Å².